The van der Waals surface area contributed by atoms with E-state index in [4.69, 9.17) is 5.26 Å². The van der Waals surface area contributed by atoms with Crippen molar-refractivity contribution in [3.63, 3.8) is 0 Å². The van der Waals surface area contributed by atoms with E-state index in [1.807, 2.05) is 6.19 Å². The van der Waals surface area contributed by atoms with Crippen LogP contribution in [0.1, 0.15) is 31.1 Å². The van der Waals surface area contributed by atoms with E-state index >= 15 is 0 Å². The molecular weight excluding hydrogens is 206 g/mol. The molecule has 0 aliphatic rings. The topological polar surface area (TPSA) is 48.2 Å². The van der Waals surface area contributed by atoms with E-state index in [1.54, 1.807) is 18.3 Å². The molecule has 1 heterocycles. The summed E-state index contributed by atoms with van der Waals surface area (Å²) in [6.07, 6.45) is 2.87. The molecule has 15 heavy (non-hydrogen) atoms. The third-order valence-corrected chi connectivity index (χ3v) is 3.28. The first-order chi connectivity index (χ1) is 7.24. The van der Waals surface area contributed by atoms with E-state index in [0.29, 0.717) is 11.8 Å². The molecule has 1 rings (SSSR count). The lowest BCUT2D eigenvalue weighted by Gasteiger charge is -2.06. The number of nitriles is 1. The van der Waals surface area contributed by atoms with Gasteiger partial charge < -0.3 is 0 Å². The Morgan fingerprint density at radius 2 is 2.53 bits per heavy atom. The molecular formula is C11H15N3S. The van der Waals surface area contributed by atoms with Crippen LogP contribution in [0.4, 0.5) is 0 Å². The van der Waals surface area contributed by atoms with Crippen molar-refractivity contribution in [3.05, 3.63) is 22.4 Å². The Morgan fingerprint density at radius 1 is 1.73 bits per heavy atom. The van der Waals surface area contributed by atoms with Crippen LogP contribution in [0.2, 0.25) is 0 Å². The summed E-state index contributed by atoms with van der Waals surface area (Å²) in [5.74, 6) is 1.24. The Balaban J connectivity index is 2.32. The molecule has 0 saturated heterocycles. The molecule has 0 aliphatic heterocycles. The van der Waals surface area contributed by atoms with Crippen LogP contribution in [0, 0.1) is 11.5 Å². The second kappa shape index (κ2) is 6.20. The maximum Gasteiger partial charge on any atom is 0.182 e. The highest BCUT2D eigenvalue weighted by atomic mass is 32.1. The monoisotopic (exact) mass is 221 g/mol. The first kappa shape index (κ1) is 11.7. The summed E-state index contributed by atoms with van der Waals surface area (Å²) in [6, 6.07) is 4.22. The lowest BCUT2D eigenvalue weighted by atomic mass is 10.1. The molecule has 3 nitrogen and oxygen atoms in total. The molecule has 0 saturated carbocycles. The van der Waals surface area contributed by atoms with Gasteiger partial charge in [0.1, 0.15) is 5.84 Å². The van der Waals surface area contributed by atoms with Crippen molar-refractivity contribution >= 4 is 17.2 Å². The maximum absolute atomic E-state index is 8.36. The largest absolute Gasteiger partial charge is 0.281 e. The molecule has 0 radical (unpaired) electrons. The summed E-state index contributed by atoms with van der Waals surface area (Å²) in [4.78, 5) is 5.65. The van der Waals surface area contributed by atoms with E-state index in [-0.39, 0.29) is 0 Å². The molecule has 80 valence electrons. The van der Waals surface area contributed by atoms with Crippen LogP contribution in [0.25, 0.3) is 0 Å². The minimum Gasteiger partial charge on any atom is -0.281 e. The van der Waals surface area contributed by atoms with Gasteiger partial charge in [0, 0.05) is 11.4 Å². The van der Waals surface area contributed by atoms with Gasteiger partial charge in [-0.1, -0.05) is 13.0 Å². The summed E-state index contributed by atoms with van der Waals surface area (Å²) in [5, 5.41) is 13.0. The smallest absolute Gasteiger partial charge is 0.182 e. The summed E-state index contributed by atoms with van der Waals surface area (Å²) < 4.78 is 0. The van der Waals surface area contributed by atoms with Crippen molar-refractivity contribution in [2.75, 3.05) is 6.54 Å². The van der Waals surface area contributed by atoms with E-state index in [2.05, 4.69) is 34.7 Å². The molecule has 1 atom stereocenters. The Hall–Kier alpha value is -1.34. The summed E-state index contributed by atoms with van der Waals surface area (Å²) >= 11 is 1.78. The average molecular weight is 221 g/mol. The molecule has 0 fully saturated rings. The Morgan fingerprint density at radius 3 is 3.13 bits per heavy atom. The Kier molecular flexibility index (Phi) is 4.85. The number of aliphatic imine (C=N–C) groups is 1. The van der Waals surface area contributed by atoms with Crippen LogP contribution in [0.15, 0.2) is 22.5 Å². The van der Waals surface area contributed by atoms with Gasteiger partial charge in [0.2, 0.25) is 0 Å². The number of nitrogens with zero attached hydrogens (tertiary/aromatic N) is 2. The van der Waals surface area contributed by atoms with Crippen LogP contribution in [-0.4, -0.2) is 12.4 Å². The normalized spacial score (nSPS) is 13.3. The van der Waals surface area contributed by atoms with Crippen LogP contribution in [0.5, 0.6) is 0 Å². The highest BCUT2D eigenvalue weighted by Gasteiger charge is 2.05. The van der Waals surface area contributed by atoms with E-state index < -0.39 is 0 Å². The molecule has 1 unspecified atom stereocenters. The van der Waals surface area contributed by atoms with E-state index in [9.17, 15) is 0 Å². The predicted octanol–water partition coefficient (Wildman–Crippen LogP) is 2.73. The zero-order chi connectivity index (χ0) is 11.1. The van der Waals surface area contributed by atoms with Gasteiger partial charge in [-0.2, -0.15) is 5.26 Å². The van der Waals surface area contributed by atoms with Gasteiger partial charge in [0.25, 0.3) is 0 Å². The minimum atomic E-state index is 0.545. The quantitative estimate of drug-likeness (QED) is 0.368. The number of amidine groups is 1. The fourth-order valence-corrected chi connectivity index (χ4v) is 2.08. The molecule has 0 spiro atoms. The second-order valence-electron chi connectivity index (χ2n) is 3.41. The van der Waals surface area contributed by atoms with Crippen molar-refractivity contribution in [2.45, 2.75) is 26.2 Å². The average Bonchev–Trinajstić information content (AvgIpc) is 2.70. The molecule has 1 aromatic rings. The van der Waals surface area contributed by atoms with Crippen LogP contribution >= 0.6 is 11.3 Å². The number of nitrogens with one attached hydrogen (secondary N) is 1. The number of hydrogen-bond acceptors (Lipinski definition) is 3. The Labute approximate surface area is 94.5 Å². The summed E-state index contributed by atoms with van der Waals surface area (Å²) in [5.41, 5.74) is 0. The van der Waals surface area contributed by atoms with Crippen LogP contribution in [0.3, 0.4) is 0 Å². The fourth-order valence-electron chi connectivity index (χ4n) is 1.26. The molecule has 1 aromatic heterocycles. The molecule has 1 N–H and O–H groups in total. The SMILES string of the molecule is CC(=NCCC(C)c1cccs1)NC#N. The first-order valence-corrected chi connectivity index (χ1v) is 5.81. The third-order valence-electron chi connectivity index (χ3n) is 2.18. The van der Waals surface area contributed by atoms with Gasteiger partial charge in [-0.15, -0.1) is 11.3 Å². The molecule has 0 aromatic carbocycles. The second-order valence-corrected chi connectivity index (χ2v) is 4.39. The van der Waals surface area contributed by atoms with Crippen LogP contribution < -0.4 is 5.32 Å². The highest BCUT2D eigenvalue weighted by Crippen LogP contribution is 2.23. The highest BCUT2D eigenvalue weighted by molar-refractivity contribution is 7.10. The van der Waals surface area contributed by atoms with Crippen molar-refractivity contribution in [3.8, 4) is 6.19 Å². The fraction of sp³-hybridized carbons (Fsp3) is 0.455. The van der Waals surface area contributed by atoms with Gasteiger partial charge >= 0.3 is 0 Å². The summed E-state index contributed by atoms with van der Waals surface area (Å²) in [6.45, 7) is 4.77. The minimum absolute atomic E-state index is 0.545. The van der Waals surface area contributed by atoms with E-state index in [1.165, 1.54) is 4.88 Å². The summed E-state index contributed by atoms with van der Waals surface area (Å²) in [7, 11) is 0. The lowest BCUT2D eigenvalue weighted by molar-refractivity contribution is 0.701. The van der Waals surface area contributed by atoms with Gasteiger partial charge in [0.05, 0.1) is 0 Å². The Bertz CT molecular complexity index is 348. The number of rotatable bonds is 4. The van der Waals surface area contributed by atoms with Crippen LogP contribution in [-0.2, 0) is 0 Å². The number of hydrogen-bond donors (Lipinski definition) is 1. The number of thiophene rings is 1. The zero-order valence-electron chi connectivity index (χ0n) is 9.03. The first-order valence-electron chi connectivity index (χ1n) is 4.93. The van der Waals surface area contributed by atoms with Crippen molar-refractivity contribution in [1.29, 1.82) is 5.26 Å². The molecule has 0 bridgehead atoms. The molecule has 0 amide bonds. The lowest BCUT2D eigenvalue weighted by Crippen LogP contribution is -2.13. The third kappa shape index (κ3) is 4.13. The van der Waals surface area contributed by atoms with Gasteiger partial charge in [0.15, 0.2) is 6.19 Å². The predicted molar refractivity (Wildman–Crippen MR) is 64.1 cm³/mol. The van der Waals surface area contributed by atoms with Gasteiger partial charge in [-0.05, 0) is 30.7 Å². The molecule has 0 aliphatic carbocycles. The van der Waals surface area contributed by atoms with E-state index in [0.717, 1.165) is 13.0 Å². The molecule has 4 heteroatoms. The maximum atomic E-state index is 8.36. The van der Waals surface area contributed by atoms with Crippen molar-refractivity contribution in [1.82, 2.24) is 5.32 Å². The standard InChI is InChI=1S/C11H15N3S/c1-9(11-4-3-7-15-11)5-6-13-10(2)14-8-12/h3-4,7,9H,5-6H2,1-2H3,(H,13,14). The van der Waals surface area contributed by atoms with Crippen molar-refractivity contribution < 1.29 is 0 Å². The van der Waals surface area contributed by atoms with Gasteiger partial charge in [-0.25, -0.2) is 0 Å². The van der Waals surface area contributed by atoms with Crippen molar-refractivity contribution in [2.24, 2.45) is 4.99 Å². The zero-order valence-corrected chi connectivity index (χ0v) is 9.84. The van der Waals surface area contributed by atoms with Gasteiger partial charge in [-0.3, -0.25) is 10.3 Å².